The number of halogens is 4. The molecule has 1 amide bonds. The van der Waals surface area contributed by atoms with Gasteiger partial charge in [-0.15, -0.1) is 11.3 Å². The molecule has 0 bridgehead atoms. The molecule has 136 valence electrons. The number of benzene rings is 1. The summed E-state index contributed by atoms with van der Waals surface area (Å²) in [5, 5.41) is 4.27. The third-order valence-electron chi connectivity index (χ3n) is 3.42. The van der Waals surface area contributed by atoms with Gasteiger partial charge in [-0.25, -0.2) is 9.37 Å². The van der Waals surface area contributed by atoms with E-state index in [9.17, 15) is 22.4 Å². The minimum absolute atomic E-state index is 0.0666. The predicted octanol–water partition coefficient (Wildman–Crippen LogP) is 3.76. The quantitative estimate of drug-likeness (QED) is 0.817. The van der Waals surface area contributed by atoms with E-state index in [1.165, 1.54) is 5.38 Å². The van der Waals surface area contributed by atoms with Crippen molar-refractivity contribution in [3.05, 3.63) is 47.2 Å². The predicted molar refractivity (Wildman–Crippen MR) is 90.3 cm³/mol. The number of alkyl halides is 3. The van der Waals surface area contributed by atoms with Crippen LogP contribution in [-0.2, 0) is 11.0 Å². The van der Waals surface area contributed by atoms with Crippen LogP contribution < -0.4 is 5.32 Å². The fourth-order valence-corrected chi connectivity index (χ4v) is 2.95. The van der Waals surface area contributed by atoms with Crippen LogP contribution >= 0.6 is 11.3 Å². The van der Waals surface area contributed by atoms with Crippen molar-refractivity contribution in [2.45, 2.75) is 6.18 Å². The molecule has 0 unspecified atom stereocenters. The third-order valence-corrected chi connectivity index (χ3v) is 4.18. The Labute approximate surface area is 149 Å². The highest BCUT2D eigenvalue weighted by Crippen LogP contribution is 2.33. The Hall–Kier alpha value is -2.75. The van der Waals surface area contributed by atoms with Gasteiger partial charge in [-0.3, -0.25) is 9.79 Å². The number of rotatable bonds is 4. The molecule has 1 aromatic heterocycles. The molecular weight excluding hydrogens is 372 g/mol. The third kappa shape index (κ3) is 4.26. The molecule has 2 aromatic rings. The molecule has 10 heteroatoms. The van der Waals surface area contributed by atoms with E-state index < -0.39 is 17.6 Å². The number of nitrogens with one attached hydrogen (secondary N) is 1. The zero-order valence-corrected chi connectivity index (χ0v) is 13.9. The van der Waals surface area contributed by atoms with Gasteiger partial charge in [-0.2, -0.15) is 13.2 Å². The first-order valence-corrected chi connectivity index (χ1v) is 8.24. The highest BCUT2D eigenvalue weighted by Gasteiger charge is 2.31. The van der Waals surface area contributed by atoms with E-state index in [0.29, 0.717) is 12.7 Å². The summed E-state index contributed by atoms with van der Waals surface area (Å²) in [5.41, 5.74) is -0.984. The Kier molecular flexibility index (Phi) is 5.03. The first-order valence-electron chi connectivity index (χ1n) is 7.36. The number of allylic oxidation sites excluding steroid dienone is 1. The molecule has 1 N–H and O–H groups in total. The monoisotopic (exact) mass is 384 g/mol. The van der Waals surface area contributed by atoms with Crippen molar-refractivity contribution in [3.63, 3.8) is 0 Å². The van der Waals surface area contributed by atoms with Crippen molar-refractivity contribution in [1.29, 1.82) is 0 Å². The Morgan fingerprint density at radius 2 is 2.15 bits per heavy atom. The molecule has 0 aliphatic carbocycles. The topological polar surface area (TPSA) is 57.6 Å². The van der Waals surface area contributed by atoms with Crippen molar-refractivity contribution < 1.29 is 22.4 Å². The van der Waals surface area contributed by atoms with Crippen LogP contribution in [0, 0.1) is 5.82 Å². The van der Waals surface area contributed by atoms with Gasteiger partial charge < -0.3 is 10.2 Å². The zero-order valence-electron chi connectivity index (χ0n) is 13.1. The van der Waals surface area contributed by atoms with Crippen molar-refractivity contribution in [3.8, 4) is 11.3 Å². The van der Waals surface area contributed by atoms with Crippen LogP contribution in [0.2, 0.25) is 0 Å². The molecule has 1 aromatic carbocycles. The minimum Gasteiger partial charge on any atom is -0.349 e. The van der Waals surface area contributed by atoms with Crippen LogP contribution in [0.15, 0.2) is 40.8 Å². The second kappa shape index (κ2) is 7.24. The lowest BCUT2D eigenvalue weighted by atomic mass is 10.1. The largest absolute Gasteiger partial charge is 0.416 e. The SMILES string of the molecule is O=C(CN1C=CC=NC1)Nc1nc(-c2ccc(C(F)(F)F)cc2F)cs1. The van der Waals surface area contributed by atoms with Crippen LogP contribution in [0.3, 0.4) is 0 Å². The summed E-state index contributed by atoms with van der Waals surface area (Å²) < 4.78 is 51.8. The van der Waals surface area contributed by atoms with E-state index in [1.54, 1.807) is 23.4 Å². The highest BCUT2D eigenvalue weighted by molar-refractivity contribution is 7.14. The highest BCUT2D eigenvalue weighted by atomic mass is 32.1. The molecule has 26 heavy (non-hydrogen) atoms. The lowest BCUT2D eigenvalue weighted by Crippen LogP contribution is -2.30. The Morgan fingerprint density at radius 1 is 1.35 bits per heavy atom. The minimum atomic E-state index is -4.62. The summed E-state index contributed by atoms with van der Waals surface area (Å²) in [7, 11) is 0. The molecule has 3 rings (SSSR count). The number of carbonyl (C=O) groups excluding carboxylic acids is 1. The summed E-state index contributed by atoms with van der Waals surface area (Å²) in [6, 6.07) is 2.24. The maximum atomic E-state index is 14.0. The maximum absolute atomic E-state index is 14.0. The first-order chi connectivity index (χ1) is 12.3. The van der Waals surface area contributed by atoms with E-state index in [1.807, 2.05) is 0 Å². The van der Waals surface area contributed by atoms with Gasteiger partial charge in [0.15, 0.2) is 5.13 Å². The molecule has 1 aliphatic heterocycles. The van der Waals surface area contributed by atoms with Crippen LogP contribution in [0.5, 0.6) is 0 Å². The lowest BCUT2D eigenvalue weighted by Gasteiger charge is -2.18. The molecule has 0 atom stereocenters. The van der Waals surface area contributed by atoms with E-state index in [4.69, 9.17) is 0 Å². The number of nitrogens with zero attached hydrogens (tertiary/aromatic N) is 3. The molecule has 0 saturated heterocycles. The summed E-state index contributed by atoms with van der Waals surface area (Å²) >= 11 is 1.06. The summed E-state index contributed by atoms with van der Waals surface area (Å²) in [4.78, 5) is 21.7. The molecule has 1 aliphatic rings. The van der Waals surface area contributed by atoms with Crippen LogP contribution in [0.1, 0.15) is 5.56 Å². The lowest BCUT2D eigenvalue weighted by molar-refractivity contribution is -0.137. The van der Waals surface area contributed by atoms with E-state index in [0.717, 1.165) is 23.5 Å². The van der Waals surface area contributed by atoms with Crippen LogP contribution in [-0.4, -0.2) is 35.2 Å². The fourth-order valence-electron chi connectivity index (χ4n) is 2.22. The Morgan fingerprint density at radius 3 is 2.81 bits per heavy atom. The van der Waals surface area contributed by atoms with Gasteiger partial charge in [0, 0.05) is 23.4 Å². The Balaban J connectivity index is 1.69. The number of aromatic nitrogens is 1. The number of amides is 1. The standard InChI is InChI=1S/C16H12F4N4OS/c17-12-6-10(16(18,19)20)2-3-11(12)13-8-26-15(22-13)23-14(25)7-24-5-1-4-21-9-24/h1-6,8H,7,9H2,(H,22,23,25). The van der Waals surface area contributed by atoms with Gasteiger partial charge in [0.2, 0.25) is 5.91 Å². The molecule has 0 radical (unpaired) electrons. The molecule has 2 heterocycles. The van der Waals surface area contributed by atoms with Crippen LogP contribution in [0.25, 0.3) is 11.3 Å². The molecular formula is C16H12F4N4OS. The van der Waals surface area contributed by atoms with Crippen molar-refractivity contribution in [1.82, 2.24) is 9.88 Å². The van der Waals surface area contributed by atoms with Gasteiger partial charge in [0.05, 0.1) is 17.8 Å². The average molecular weight is 384 g/mol. The van der Waals surface area contributed by atoms with E-state index in [-0.39, 0.29) is 28.8 Å². The van der Waals surface area contributed by atoms with E-state index >= 15 is 0 Å². The van der Waals surface area contributed by atoms with Crippen LogP contribution in [0.4, 0.5) is 22.7 Å². The number of carbonyl (C=O) groups is 1. The number of aliphatic imine (C=N–C) groups is 1. The number of hydrogen-bond donors (Lipinski definition) is 1. The summed E-state index contributed by atoms with van der Waals surface area (Å²) in [6.07, 6.45) is 0.427. The first kappa shape index (κ1) is 18.1. The zero-order chi connectivity index (χ0) is 18.7. The number of hydrogen-bond acceptors (Lipinski definition) is 5. The summed E-state index contributed by atoms with van der Waals surface area (Å²) in [5.74, 6) is -1.36. The van der Waals surface area contributed by atoms with Gasteiger partial charge in [0.1, 0.15) is 12.5 Å². The Bertz CT molecular complexity index is 875. The van der Waals surface area contributed by atoms with E-state index in [2.05, 4.69) is 15.3 Å². The molecule has 5 nitrogen and oxygen atoms in total. The number of thiazole rings is 1. The smallest absolute Gasteiger partial charge is 0.349 e. The molecule has 0 spiro atoms. The second-order valence-corrected chi connectivity index (χ2v) is 6.20. The number of anilines is 1. The normalized spacial score (nSPS) is 13.9. The maximum Gasteiger partial charge on any atom is 0.416 e. The molecule has 0 fully saturated rings. The van der Waals surface area contributed by atoms with Crippen molar-refractivity contribution in [2.24, 2.45) is 4.99 Å². The van der Waals surface area contributed by atoms with Crippen molar-refractivity contribution >= 4 is 28.6 Å². The fraction of sp³-hybridized carbons (Fsp3) is 0.188. The van der Waals surface area contributed by atoms with Gasteiger partial charge in [-0.1, -0.05) is 0 Å². The van der Waals surface area contributed by atoms with Gasteiger partial charge >= 0.3 is 6.18 Å². The average Bonchev–Trinajstić information content (AvgIpc) is 3.02. The van der Waals surface area contributed by atoms with Gasteiger partial charge in [0.25, 0.3) is 0 Å². The summed E-state index contributed by atoms with van der Waals surface area (Å²) in [6.45, 7) is 0.432. The van der Waals surface area contributed by atoms with Crippen molar-refractivity contribution in [2.75, 3.05) is 18.5 Å². The second-order valence-electron chi connectivity index (χ2n) is 5.34. The van der Waals surface area contributed by atoms with Gasteiger partial charge in [-0.05, 0) is 24.3 Å². The molecule has 0 saturated carbocycles.